The van der Waals surface area contributed by atoms with Gasteiger partial charge in [-0.05, 0) is 31.9 Å². The van der Waals surface area contributed by atoms with Gasteiger partial charge in [0.25, 0.3) is 0 Å². The minimum absolute atomic E-state index is 0.129. The highest BCUT2D eigenvalue weighted by Gasteiger charge is 2.32. The maximum absolute atomic E-state index is 12.3. The van der Waals surface area contributed by atoms with Crippen LogP contribution in [0.1, 0.15) is 31.7 Å². The normalized spacial score (nSPS) is 24.1. The molecule has 2 rings (SSSR count). The van der Waals surface area contributed by atoms with Gasteiger partial charge in [-0.2, -0.15) is 0 Å². The van der Waals surface area contributed by atoms with Crippen molar-refractivity contribution < 1.29 is 13.2 Å². The van der Waals surface area contributed by atoms with Gasteiger partial charge in [-0.25, -0.2) is 13.1 Å². The van der Waals surface area contributed by atoms with Crippen LogP contribution in [0.25, 0.3) is 0 Å². The first-order valence-corrected chi connectivity index (χ1v) is 10.00. The highest BCUT2D eigenvalue weighted by atomic mass is 127. The van der Waals surface area contributed by atoms with Crippen molar-refractivity contribution in [3.05, 3.63) is 29.8 Å². The number of halogens is 1. The smallest absolute Gasteiger partial charge is 0.240 e. The molecule has 4 nitrogen and oxygen atoms in total. The zero-order valence-corrected chi connectivity index (χ0v) is 15.4. The summed E-state index contributed by atoms with van der Waals surface area (Å²) < 4.78 is 33.6. The fourth-order valence-electron chi connectivity index (χ4n) is 2.46. The Bertz CT molecular complexity index is 559. The van der Waals surface area contributed by atoms with Gasteiger partial charge in [-0.3, -0.25) is 0 Å². The molecule has 1 heterocycles. The summed E-state index contributed by atoms with van der Waals surface area (Å²) in [5.74, 6) is 0. The third-order valence-electron chi connectivity index (χ3n) is 3.65. The SMILES string of the molecule is CCC[C@@H](I)[C@@H]1CC(NS(=O)(=O)c2ccc(C)cc2)CO1. The second-order valence-corrected chi connectivity index (χ2v) is 8.86. The summed E-state index contributed by atoms with van der Waals surface area (Å²) in [6.07, 6.45) is 3.12. The molecule has 0 saturated carbocycles. The van der Waals surface area contributed by atoms with E-state index in [-0.39, 0.29) is 12.1 Å². The highest BCUT2D eigenvalue weighted by molar-refractivity contribution is 14.1. The summed E-state index contributed by atoms with van der Waals surface area (Å²) in [5.41, 5.74) is 1.05. The van der Waals surface area contributed by atoms with Crippen LogP contribution in [-0.2, 0) is 14.8 Å². The first kappa shape index (κ1) is 17.2. The molecule has 118 valence electrons. The molecule has 1 unspecified atom stereocenters. The molecule has 0 amide bonds. The molecule has 6 heteroatoms. The average Bonchev–Trinajstić information content (AvgIpc) is 2.87. The second kappa shape index (κ2) is 7.39. The summed E-state index contributed by atoms with van der Waals surface area (Å²) in [7, 11) is -3.45. The van der Waals surface area contributed by atoms with Gasteiger partial charge in [-0.15, -0.1) is 0 Å². The van der Waals surface area contributed by atoms with Crippen LogP contribution in [0.15, 0.2) is 29.2 Å². The summed E-state index contributed by atoms with van der Waals surface area (Å²) in [6.45, 7) is 4.55. The molecule has 1 aliphatic heterocycles. The first-order valence-electron chi connectivity index (χ1n) is 7.27. The van der Waals surface area contributed by atoms with Gasteiger partial charge in [-0.1, -0.05) is 53.6 Å². The number of sulfonamides is 1. The predicted molar refractivity (Wildman–Crippen MR) is 92.4 cm³/mol. The van der Waals surface area contributed by atoms with Gasteiger partial charge < -0.3 is 4.74 Å². The molecule has 0 radical (unpaired) electrons. The molecule has 1 fully saturated rings. The highest BCUT2D eigenvalue weighted by Crippen LogP contribution is 2.26. The van der Waals surface area contributed by atoms with Crippen molar-refractivity contribution in [1.82, 2.24) is 4.72 Å². The lowest BCUT2D eigenvalue weighted by Crippen LogP contribution is -2.35. The van der Waals surface area contributed by atoms with Crippen LogP contribution in [0.4, 0.5) is 0 Å². The van der Waals surface area contributed by atoms with E-state index in [0.29, 0.717) is 15.4 Å². The van der Waals surface area contributed by atoms with Crippen molar-refractivity contribution in [3.63, 3.8) is 0 Å². The van der Waals surface area contributed by atoms with Gasteiger partial charge in [0.15, 0.2) is 0 Å². The summed E-state index contributed by atoms with van der Waals surface area (Å²) >= 11 is 2.40. The Balaban J connectivity index is 1.97. The standard InChI is InChI=1S/C15H22INO3S/c1-3-4-14(16)15-9-12(10-20-15)17-21(18,19)13-7-5-11(2)6-8-13/h5-8,12,14-15,17H,3-4,9-10H2,1-2H3/t12?,14-,15+/m1/s1. The van der Waals surface area contributed by atoms with Crippen LogP contribution in [0.3, 0.4) is 0 Å². The summed E-state index contributed by atoms with van der Waals surface area (Å²) in [6, 6.07) is 6.78. The Labute approximate surface area is 140 Å². The molecule has 0 aromatic heterocycles. The lowest BCUT2D eigenvalue weighted by Gasteiger charge is -2.16. The Morgan fingerprint density at radius 2 is 2.05 bits per heavy atom. The van der Waals surface area contributed by atoms with Crippen molar-refractivity contribution in [3.8, 4) is 0 Å². The summed E-state index contributed by atoms with van der Waals surface area (Å²) in [5, 5.41) is 0. The average molecular weight is 423 g/mol. The van der Waals surface area contributed by atoms with Gasteiger partial charge >= 0.3 is 0 Å². The van der Waals surface area contributed by atoms with Gasteiger partial charge in [0, 0.05) is 9.97 Å². The Kier molecular flexibility index (Phi) is 6.05. The Morgan fingerprint density at radius 3 is 2.67 bits per heavy atom. The zero-order chi connectivity index (χ0) is 15.5. The molecule has 1 N–H and O–H groups in total. The molecule has 1 aromatic rings. The summed E-state index contributed by atoms with van der Waals surface area (Å²) in [4.78, 5) is 0.316. The molecule has 0 aliphatic carbocycles. The van der Waals surface area contributed by atoms with Crippen molar-refractivity contribution >= 4 is 32.6 Å². The Morgan fingerprint density at radius 1 is 1.38 bits per heavy atom. The van der Waals surface area contributed by atoms with E-state index in [2.05, 4.69) is 34.2 Å². The first-order chi connectivity index (χ1) is 9.92. The van der Waals surface area contributed by atoms with Crippen LogP contribution in [0, 0.1) is 6.92 Å². The fourth-order valence-corrected chi connectivity index (χ4v) is 4.81. The topological polar surface area (TPSA) is 55.4 Å². The minimum atomic E-state index is -3.45. The van der Waals surface area contributed by atoms with E-state index >= 15 is 0 Å². The van der Waals surface area contributed by atoms with E-state index in [1.165, 1.54) is 0 Å². The van der Waals surface area contributed by atoms with E-state index in [0.717, 1.165) is 24.8 Å². The minimum Gasteiger partial charge on any atom is -0.375 e. The number of alkyl halides is 1. The predicted octanol–water partition coefficient (Wildman–Crippen LogP) is 3.03. The number of hydrogen-bond donors (Lipinski definition) is 1. The van der Waals surface area contributed by atoms with Crippen molar-refractivity contribution in [1.29, 1.82) is 0 Å². The van der Waals surface area contributed by atoms with Crippen LogP contribution in [0.5, 0.6) is 0 Å². The molecule has 1 aromatic carbocycles. The number of hydrogen-bond acceptors (Lipinski definition) is 3. The number of benzene rings is 1. The molecule has 0 spiro atoms. The maximum Gasteiger partial charge on any atom is 0.240 e. The van der Waals surface area contributed by atoms with E-state index in [1.807, 2.05) is 19.1 Å². The molecule has 3 atom stereocenters. The zero-order valence-electron chi connectivity index (χ0n) is 12.4. The van der Waals surface area contributed by atoms with E-state index in [1.54, 1.807) is 12.1 Å². The molecular formula is C15H22INO3S. The monoisotopic (exact) mass is 423 g/mol. The quantitative estimate of drug-likeness (QED) is 0.566. The molecule has 0 bridgehead atoms. The molecular weight excluding hydrogens is 401 g/mol. The van der Waals surface area contributed by atoms with Crippen molar-refractivity contribution in [2.24, 2.45) is 0 Å². The van der Waals surface area contributed by atoms with Gasteiger partial charge in [0.05, 0.1) is 17.6 Å². The van der Waals surface area contributed by atoms with Gasteiger partial charge in [0.2, 0.25) is 10.0 Å². The largest absolute Gasteiger partial charge is 0.375 e. The van der Waals surface area contributed by atoms with Crippen LogP contribution in [0.2, 0.25) is 0 Å². The van der Waals surface area contributed by atoms with Crippen LogP contribution >= 0.6 is 22.6 Å². The van der Waals surface area contributed by atoms with E-state index < -0.39 is 10.0 Å². The number of ether oxygens (including phenoxy) is 1. The lowest BCUT2D eigenvalue weighted by molar-refractivity contribution is 0.108. The maximum atomic E-state index is 12.3. The second-order valence-electron chi connectivity index (χ2n) is 5.54. The Hall–Kier alpha value is -0.180. The van der Waals surface area contributed by atoms with Crippen LogP contribution in [-0.4, -0.2) is 31.1 Å². The number of nitrogens with one attached hydrogen (secondary N) is 1. The molecule has 21 heavy (non-hydrogen) atoms. The molecule has 1 saturated heterocycles. The third kappa shape index (κ3) is 4.64. The molecule has 1 aliphatic rings. The number of aryl methyl sites for hydroxylation is 1. The van der Waals surface area contributed by atoms with Crippen LogP contribution < -0.4 is 4.72 Å². The van der Waals surface area contributed by atoms with Crippen molar-refractivity contribution in [2.45, 2.75) is 54.1 Å². The third-order valence-corrected chi connectivity index (χ3v) is 6.61. The van der Waals surface area contributed by atoms with E-state index in [9.17, 15) is 8.42 Å². The lowest BCUT2D eigenvalue weighted by atomic mass is 10.1. The number of rotatable bonds is 6. The fraction of sp³-hybridized carbons (Fsp3) is 0.600. The van der Waals surface area contributed by atoms with Gasteiger partial charge in [0.1, 0.15) is 0 Å². The van der Waals surface area contributed by atoms with E-state index in [4.69, 9.17) is 4.74 Å². The van der Waals surface area contributed by atoms with Crippen molar-refractivity contribution in [2.75, 3.05) is 6.61 Å².